The number of rotatable bonds is 0. The number of hydrogen-bond acceptors (Lipinski definition) is 2. The van der Waals surface area contributed by atoms with Crippen LogP contribution in [0.3, 0.4) is 0 Å². The van der Waals surface area contributed by atoms with Crippen LogP contribution in [0.4, 0.5) is 5.69 Å². The van der Waals surface area contributed by atoms with Crippen LogP contribution >= 0.6 is 24.0 Å². The van der Waals surface area contributed by atoms with Crippen molar-refractivity contribution in [1.29, 1.82) is 0 Å². The molecule has 1 aromatic rings. The van der Waals surface area contributed by atoms with Crippen molar-refractivity contribution in [2.24, 2.45) is 0 Å². The van der Waals surface area contributed by atoms with Gasteiger partial charge in [0, 0.05) is 11.4 Å². The van der Waals surface area contributed by atoms with E-state index in [1.54, 1.807) is 11.8 Å². The Morgan fingerprint density at radius 1 is 1.50 bits per heavy atom. The molecule has 1 aliphatic heterocycles. The Labute approximate surface area is 81.6 Å². The maximum atomic E-state index is 5.07. The molecule has 0 unspecified atom stereocenters. The van der Waals surface area contributed by atoms with Gasteiger partial charge in [0.25, 0.3) is 0 Å². The molecule has 0 saturated heterocycles. The predicted octanol–water partition coefficient (Wildman–Crippen LogP) is 2.94. The van der Waals surface area contributed by atoms with E-state index in [1.165, 1.54) is 16.8 Å². The topological polar surface area (TPSA) is 12.0 Å². The van der Waals surface area contributed by atoms with Gasteiger partial charge in [-0.15, -0.1) is 0 Å². The second-order valence-corrected chi connectivity index (χ2v) is 4.51. The summed E-state index contributed by atoms with van der Waals surface area (Å²) in [4.78, 5) is 0. The zero-order valence-corrected chi connectivity index (χ0v) is 8.39. The molecule has 1 heterocycles. The van der Waals surface area contributed by atoms with E-state index in [-0.39, 0.29) is 0 Å². The van der Waals surface area contributed by atoms with Crippen molar-refractivity contribution in [1.82, 2.24) is 0 Å². The van der Waals surface area contributed by atoms with Crippen LogP contribution in [0.1, 0.15) is 11.1 Å². The predicted molar refractivity (Wildman–Crippen MR) is 58.7 cm³/mol. The van der Waals surface area contributed by atoms with Crippen molar-refractivity contribution >= 4 is 34.0 Å². The van der Waals surface area contributed by atoms with Gasteiger partial charge < -0.3 is 5.32 Å². The van der Waals surface area contributed by atoms with Gasteiger partial charge in [-0.3, -0.25) is 0 Å². The Bertz CT molecular complexity index is 333. The fraction of sp³-hybridized carbons (Fsp3) is 0.222. The monoisotopic (exact) mass is 195 g/mol. The van der Waals surface area contributed by atoms with Crippen molar-refractivity contribution in [3.63, 3.8) is 0 Å². The summed E-state index contributed by atoms with van der Waals surface area (Å²) in [5.74, 6) is 1.00. The molecular weight excluding hydrogens is 186 g/mol. The molecule has 0 spiro atoms. The summed E-state index contributed by atoms with van der Waals surface area (Å²) in [5, 5.41) is 3.18. The van der Waals surface area contributed by atoms with Crippen LogP contribution in [0.2, 0.25) is 0 Å². The molecule has 0 bridgehead atoms. The van der Waals surface area contributed by atoms with E-state index in [0.29, 0.717) is 0 Å². The third kappa shape index (κ3) is 1.47. The van der Waals surface area contributed by atoms with Gasteiger partial charge in [-0.25, -0.2) is 0 Å². The van der Waals surface area contributed by atoms with Gasteiger partial charge in [-0.2, -0.15) is 0 Å². The molecule has 2 rings (SSSR count). The highest BCUT2D eigenvalue weighted by Crippen LogP contribution is 2.28. The highest BCUT2D eigenvalue weighted by molar-refractivity contribution is 8.22. The first kappa shape index (κ1) is 8.08. The van der Waals surface area contributed by atoms with E-state index < -0.39 is 0 Å². The van der Waals surface area contributed by atoms with Gasteiger partial charge in [0.1, 0.15) is 4.32 Å². The smallest absolute Gasteiger partial charge is 0.138 e. The molecule has 3 heteroatoms. The third-order valence-electron chi connectivity index (χ3n) is 1.86. The third-order valence-corrected chi connectivity index (χ3v) is 3.13. The second-order valence-electron chi connectivity index (χ2n) is 2.86. The zero-order chi connectivity index (χ0) is 8.55. The molecule has 1 aromatic carbocycles. The number of benzene rings is 1. The normalized spacial score (nSPS) is 15.2. The van der Waals surface area contributed by atoms with E-state index >= 15 is 0 Å². The molecule has 1 nitrogen and oxygen atoms in total. The summed E-state index contributed by atoms with van der Waals surface area (Å²) in [6, 6.07) is 6.40. The average molecular weight is 195 g/mol. The first-order valence-corrected chi connectivity index (χ1v) is 5.18. The van der Waals surface area contributed by atoms with Gasteiger partial charge in [-0.1, -0.05) is 41.7 Å². The molecule has 0 atom stereocenters. The summed E-state index contributed by atoms with van der Waals surface area (Å²) in [6.07, 6.45) is 0. The Balaban J connectivity index is 2.43. The number of aryl methyl sites for hydroxylation is 1. The lowest BCUT2D eigenvalue weighted by atomic mass is 10.1. The van der Waals surface area contributed by atoms with E-state index in [2.05, 4.69) is 30.4 Å². The minimum atomic E-state index is 0.881. The van der Waals surface area contributed by atoms with Gasteiger partial charge in [-0.05, 0) is 18.6 Å². The van der Waals surface area contributed by atoms with Crippen molar-refractivity contribution < 1.29 is 0 Å². The quantitative estimate of drug-likeness (QED) is 0.639. The van der Waals surface area contributed by atoms with E-state index in [0.717, 1.165) is 10.1 Å². The van der Waals surface area contributed by atoms with E-state index in [1.807, 2.05) is 0 Å². The van der Waals surface area contributed by atoms with Crippen molar-refractivity contribution in [2.45, 2.75) is 12.7 Å². The molecule has 0 saturated carbocycles. The lowest BCUT2D eigenvalue weighted by Crippen LogP contribution is -2.11. The van der Waals surface area contributed by atoms with Gasteiger partial charge in [0.2, 0.25) is 0 Å². The van der Waals surface area contributed by atoms with Crippen LogP contribution in [0.25, 0.3) is 0 Å². The molecule has 0 amide bonds. The second kappa shape index (κ2) is 3.07. The molecule has 0 aromatic heterocycles. The number of thioether (sulfide) groups is 1. The number of thiocarbonyl (C=S) groups is 1. The minimum absolute atomic E-state index is 0.881. The lowest BCUT2D eigenvalue weighted by molar-refractivity contribution is 1.35. The zero-order valence-electron chi connectivity index (χ0n) is 6.76. The van der Waals surface area contributed by atoms with Crippen molar-refractivity contribution in [3.05, 3.63) is 29.3 Å². The minimum Gasteiger partial charge on any atom is -0.341 e. The maximum absolute atomic E-state index is 5.07. The van der Waals surface area contributed by atoms with Gasteiger partial charge in [0.15, 0.2) is 0 Å². The molecule has 1 N–H and O–H groups in total. The first-order valence-electron chi connectivity index (χ1n) is 3.79. The van der Waals surface area contributed by atoms with Crippen LogP contribution < -0.4 is 5.32 Å². The standard InChI is InChI=1S/C9H9NS2/c1-6-2-3-8-7(4-6)5-12-9(11)10-8/h2-4H,5H2,1H3,(H,10,11). The Kier molecular flexibility index (Phi) is 2.07. The largest absolute Gasteiger partial charge is 0.341 e. The Morgan fingerprint density at radius 2 is 2.33 bits per heavy atom. The highest BCUT2D eigenvalue weighted by Gasteiger charge is 2.11. The van der Waals surface area contributed by atoms with Gasteiger partial charge >= 0.3 is 0 Å². The number of fused-ring (bicyclic) bond motifs is 1. The molecule has 0 aliphatic carbocycles. The average Bonchev–Trinajstić information content (AvgIpc) is 2.05. The van der Waals surface area contributed by atoms with Crippen LogP contribution in [-0.2, 0) is 5.75 Å². The molecule has 0 fully saturated rings. The van der Waals surface area contributed by atoms with Crippen molar-refractivity contribution in [2.75, 3.05) is 5.32 Å². The van der Waals surface area contributed by atoms with Crippen LogP contribution in [0, 0.1) is 6.92 Å². The molecule has 62 valence electrons. The fourth-order valence-corrected chi connectivity index (χ4v) is 2.25. The van der Waals surface area contributed by atoms with Gasteiger partial charge in [0.05, 0.1) is 0 Å². The number of anilines is 1. The summed E-state index contributed by atoms with van der Waals surface area (Å²) in [7, 11) is 0. The number of hydrogen-bond donors (Lipinski definition) is 1. The van der Waals surface area contributed by atoms with E-state index in [9.17, 15) is 0 Å². The Hall–Kier alpha value is -0.540. The molecular formula is C9H9NS2. The summed E-state index contributed by atoms with van der Waals surface area (Å²) >= 11 is 6.76. The maximum Gasteiger partial charge on any atom is 0.138 e. The summed E-state index contributed by atoms with van der Waals surface area (Å²) < 4.78 is 0.881. The van der Waals surface area contributed by atoms with Crippen LogP contribution in [-0.4, -0.2) is 4.32 Å². The molecule has 1 aliphatic rings. The number of nitrogens with one attached hydrogen (secondary N) is 1. The molecule has 0 radical (unpaired) electrons. The molecule has 12 heavy (non-hydrogen) atoms. The van der Waals surface area contributed by atoms with E-state index in [4.69, 9.17) is 12.2 Å². The summed E-state index contributed by atoms with van der Waals surface area (Å²) in [5.41, 5.74) is 3.84. The van der Waals surface area contributed by atoms with Crippen LogP contribution in [0.15, 0.2) is 18.2 Å². The Morgan fingerprint density at radius 3 is 3.17 bits per heavy atom. The van der Waals surface area contributed by atoms with Crippen LogP contribution in [0.5, 0.6) is 0 Å². The first-order chi connectivity index (χ1) is 5.75. The fourth-order valence-electron chi connectivity index (χ4n) is 1.25. The summed E-state index contributed by atoms with van der Waals surface area (Å²) in [6.45, 7) is 2.11. The lowest BCUT2D eigenvalue weighted by Gasteiger charge is -2.18. The SMILES string of the molecule is Cc1ccc2c(c1)CSC(=S)N2. The van der Waals surface area contributed by atoms with Crippen molar-refractivity contribution in [3.8, 4) is 0 Å². The highest BCUT2D eigenvalue weighted by atomic mass is 32.2.